The summed E-state index contributed by atoms with van der Waals surface area (Å²) in [5.74, 6) is -0.0385. The van der Waals surface area contributed by atoms with E-state index in [-0.39, 0.29) is 18.1 Å². The van der Waals surface area contributed by atoms with Gasteiger partial charge >= 0.3 is 0 Å². The number of ether oxygens (including phenoxy) is 1. The minimum Gasteiger partial charge on any atom is -0.374 e. The molecular formula is C12H19N5O2. The fraction of sp³-hybridized carbons (Fsp3) is 0.750. The molecule has 1 aromatic rings. The Morgan fingerprint density at radius 3 is 3.26 bits per heavy atom. The molecule has 2 heterocycles. The minimum absolute atomic E-state index is 0.0385. The molecule has 2 fully saturated rings. The Balaban J connectivity index is 1.74. The van der Waals surface area contributed by atoms with E-state index in [1.54, 1.807) is 10.9 Å². The van der Waals surface area contributed by atoms with Crippen LogP contribution in [0, 0.1) is 0 Å². The fourth-order valence-electron chi connectivity index (χ4n) is 2.96. The van der Waals surface area contributed by atoms with Gasteiger partial charge in [0.1, 0.15) is 0 Å². The monoisotopic (exact) mass is 265 g/mol. The Bertz CT molecular complexity index is 461. The van der Waals surface area contributed by atoms with E-state index in [2.05, 4.69) is 10.3 Å². The second-order valence-corrected chi connectivity index (χ2v) is 5.06. The van der Waals surface area contributed by atoms with Crippen molar-refractivity contribution < 1.29 is 9.53 Å². The van der Waals surface area contributed by atoms with Gasteiger partial charge in [0, 0.05) is 13.1 Å². The molecule has 1 aliphatic heterocycles. The van der Waals surface area contributed by atoms with Crippen LogP contribution in [0.25, 0.3) is 0 Å². The Hall–Kier alpha value is -1.47. The summed E-state index contributed by atoms with van der Waals surface area (Å²) in [6, 6.07) is 0.209. The molecule has 0 spiro atoms. The average molecular weight is 265 g/mol. The topological polar surface area (TPSA) is 86.3 Å². The van der Waals surface area contributed by atoms with Crippen LogP contribution in [0.2, 0.25) is 0 Å². The number of carbonyl (C=O) groups is 1. The van der Waals surface area contributed by atoms with Crippen LogP contribution in [-0.4, -0.2) is 57.6 Å². The van der Waals surface area contributed by atoms with Crippen LogP contribution in [0.15, 0.2) is 6.20 Å². The van der Waals surface area contributed by atoms with E-state index in [1.165, 1.54) is 0 Å². The molecule has 2 N–H and O–H groups in total. The van der Waals surface area contributed by atoms with Crippen LogP contribution in [-0.2, 0) is 11.3 Å². The lowest BCUT2D eigenvalue weighted by atomic mass is 10.1. The summed E-state index contributed by atoms with van der Waals surface area (Å²) in [6.45, 7) is 2.32. The number of morpholine rings is 1. The Morgan fingerprint density at radius 2 is 2.42 bits per heavy atom. The number of amides is 1. The summed E-state index contributed by atoms with van der Waals surface area (Å²) in [4.78, 5) is 14.4. The van der Waals surface area contributed by atoms with Crippen LogP contribution in [0.4, 0.5) is 0 Å². The van der Waals surface area contributed by atoms with Gasteiger partial charge in [-0.2, -0.15) is 0 Å². The molecule has 2 atom stereocenters. The normalized spacial score (nSPS) is 26.5. The Morgan fingerprint density at radius 1 is 1.53 bits per heavy atom. The highest BCUT2D eigenvalue weighted by atomic mass is 16.5. The summed E-state index contributed by atoms with van der Waals surface area (Å²) in [5, 5.41) is 7.86. The zero-order valence-corrected chi connectivity index (χ0v) is 10.9. The standard InChI is InChI=1S/C12H19N5O2/c13-4-5-16-8-9(14-15-16)12(18)17-6-7-19-11-3-1-2-10(11)17/h8,10-11H,1-7,13H2. The summed E-state index contributed by atoms with van der Waals surface area (Å²) in [5.41, 5.74) is 5.86. The van der Waals surface area contributed by atoms with Gasteiger partial charge in [-0.25, -0.2) is 0 Å². The summed E-state index contributed by atoms with van der Waals surface area (Å²) in [7, 11) is 0. The van der Waals surface area contributed by atoms with E-state index in [0.717, 1.165) is 19.3 Å². The molecule has 3 rings (SSSR count). The van der Waals surface area contributed by atoms with E-state index in [0.29, 0.717) is 31.9 Å². The van der Waals surface area contributed by atoms with Crippen molar-refractivity contribution in [2.45, 2.75) is 38.0 Å². The predicted molar refractivity (Wildman–Crippen MR) is 67.5 cm³/mol. The van der Waals surface area contributed by atoms with Gasteiger partial charge in [-0.15, -0.1) is 5.10 Å². The van der Waals surface area contributed by atoms with Crippen molar-refractivity contribution in [1.29, 1.82) is 0 Å². The van der Waals surface area contributed by atoms with E-state index in [1.807, 2.05) is 4.90 Å². The molecule has 1 aliphatic carbocycles. The molecule has 0 radical (unpaired) electrons. The first-order chi connectivity index (χ1) is 9.29. The molecule has 0 bridgehead atoms. The van der Waals surface area contributed by atoms with Crippen molar-refractivity contribution >= 4 is 5.91 Å². The van der Waals surface area contributed by atoms with Crippen molar-refractivity contribution in [3.8, 4) is 0 Å². The smallest absolute Gasteiger partial charge is 0.276 e. The van der Waals surface area contributed by atoms with Crippen molar-refractivity contribution in [3.05, 3.63) is 11.9 Å². The molecule has 7 heteroatoms. The second-order valence-electron chi connectivity index (χ2n) is 5.06. The van der Waals surface area contributed by atoms with Crippen molar-refractivity contribution in [2.24, 2.45) is 5.73 Å². The zero-order chi connectivity index (χ0) is 13.2. The van der Waals surface area contributed by atoms with Gasteiger partial charge in [0.25, 0.3) is 5.91 Å². The van der Waals surface area contributed by atoms with Crippen LogP contribution < -0.4 is 5.73 Å². The average Bonchev–Trinajstić information content (AvgIpc) is 3.06. The lowest BCUT2D eigenvalue weighted by molar-refractivity contribution is -0.0447. The number of carbonyl (C=O) groups excluding carboxylic acids is 1. The number of nitrogens with zero attached hydrogens (tertiary/aromatic N) is 4. The second kappa shape index (κ2) is 5.26. The summed E-state index contributed by atoms with van der Waals surface area (Å²) in [6.07, 6.45) is 5.08. The highest BCUT2D eigenvalue weighted by Crippen LogP contribution is 2.30. The van der Waals surface area contributed by atoms with Gasteiger partial charge in [0.2, 0.25) is 0 Å². The molecule has 7 nitrogen and oxygen atoms in total. The van der Waals surface area contributed by atoms with E-state index >= 15 is 0 Å². The maximum atomic E-state index is 12.5. The van der Waals surface area contributed by atoms with E-state index < -0.39 is 0 Å². The summed E-state index contributed by atoms with van der Waals surface area (Å²) >= 11 is 0. The van der Waals surface area contributed by atoms with Crippen molar-refractivity contribution in [2.75, 3.05) is 19.7 Å². The van der Waals surface area contributed by atoms with Gasteiger partial charge in [-0.05, 0) is 19.3 Å². The maximum absolute atomic E-state index is 12.5. The first kappa shape index (κ1) is 12.6. The Labute approximate surface area is 111 Å². The van der Waals surface area contributed by atoms with Crippen LogP contribution in [0.1, 0.15) is 29.8 Å². The SMILES string of the molecule is NCCn1cc(C(=O)N2CCOC3CCCC32)nn1. The maximum Gasteiger partial charge on any atom is 0.276 e. The minimum atomic E-state index is -0.0385. The zero-order valence-electron chi connectivity index (χ0n) is 10.9. The number of nitrogens with two attached hydrogens (primary N) is 1. The lowest BCUT2D eigenvalue weighted by Gasteiger charge is -2.37. The quantitative estimate of drug-likeness (QED) is 0.806. The number of hydrogen-bond donors (Lipinski definition) is 1. The molecule has 104 valence electrons. The van der Waals surface area contributed by atoms with E-state index in [9.17, 15) is 4.79 Å². The third-order valence-corrected chi connectivity index (χ3v) is 3.86. The third kappa shape index (κ3) is 2.35. The summed E-state index contributed by atoms with van der Waals surface area (Å²) < 4.78 is 7.32. The van der Waals surface area contributed by atoms with Crippen molar-refractivity contribution in [1.82, 2.24) is 19.9 Å². The molecule has 1 aromatic heterocycles. The fourth-order valence-corrected chi connectivity index (χ4v) is 2.96. The largest absolute Gasteiger partial charge is 0.374 e. The van der Waals surface area contributed by atoms with Gasteiger partial charge in [0.15, 0.2) is 5.69 Å². The van der Waals surface area contributed by atoms with Crippen LogP contribution >= 0.6 is 0 Å². The molecule has 2 aliphatic rings. The first-order valence-corrected chi connectivity index (χ1v) is 6.82. The predicted octanol–water partition coefficient (Wildman–Crippen LogP) is -0.370. The van der Waals surface area contributed by atoms with Gasteiger partial charge in [-0.3, -0.25) is 9.48 Å². The van der Waals surface area contributed by atoms with Gasteiger partial charge in [0.05, 0.1) is 31.5 Å². The van der Waals surface area contributed by atoms with Gasteiger partial charge in [-0.1, -0.05) is 5.21 Å². The van der Waals surface area contributed by atoms with Crippen molar-refractivity contribution in [3.63, 3.8) is 0 Å². The first-order valence-electron chi connectivity index (χ1n) is 6.82. The Kier molecular flexibility index (Phi) is 3.48. The number of rotatable bonds is 3. The highest BCUT2D eigenvalue weighted by molar-refractivity contribution is 5.92. The third-order valence-electron chi connectivity index (χ3n) is 3.86. The number of fused-ring (bicyclic) bond motifs is 1. The molecule has 1 saturated heterocycles. The van der Waals surface area contributed by atoms with E-state index in [4.69, 9.17) is 10.5 Å². The molecular weight excluding hydrogens is 246 g/mol. The van der Waals surface area contributed by atoms with Crippen LogP contribution in [0.3, 0.4) is 0 Å². The molecule has 0 aromatic carbocycles. The number of aromatic nitrogens is 3. The number of hydrogen-bond acceptors (Lipinski definition) is 5. The molecule has 2 unspecified atom stereocenters. The molecule has 1 amide bonds. The molecule has 1 saturated carbocycles. The lowest BCUT2D eigenvalue weighted by Crippen LogP contribution is -2.51. The molecule has 19 heavy (non-hydrogen) atoms. The van der Waals surface area contributed by atoms with Gasteiger partial charge < -0.3 is 15.4 Å². The highest BCUT2D eigenvalue weighted by Gasteiger charge is 2.39. The van der Waals surface area contributed by atoms with Crippen LogP contribution in [0.5, 0.6) is 0 Å².